The van der Waals surface area contributed by atoms with Crippen molar-refractivity contribution in [3.63, 3.8) is 0 Å². The molecule has 0 radical (unpaired) electrons. The number of aryl methyl sites for hydroxylation is 2. The number of carboxylic acid groups (broad SMARTS) is 1. The molecule has 2 atom stereocenters. The molecule has 0 aliphatic heterocycles. The van der Waals surface area contributed by atoms with E-state index in [-0.39, 0.29) is 11.7 Å². The Morgan fingerprint density at radius 3 is 2.35 bits per heavy atom. The van der Waals surface area contributed by atoms with Crippen LogP contribution in [0.1, 0.15) is 25.2 Å². The third-order valence-corrected chi connectivity index (χ3v) is 3.67. The van der Waals surface area contributed by atoms with Crippen molar-refractivity contribution in [1.82, 2.24) is 15.3 Å². The van der Waals surface area contributed by atoms with Gasteiger partial charge in [0.15, 0.2) is 5.16 Å². The van der Waals surface area contributed by atoms with Gasteiger partial charge in [-0.25, -0.2) is 9.97 Å². The number of thioether (sulfide) groups is 1. The molecule has 2 unspecified atom stereocenters. The molecule has 1 rings (SSSR count). The molecule has 0 fully saturated rings. The summed E-state index contributed by atoms with van der Waals surface area (Å²) < 4.78 is 0. The topological polar surface area (TPSA) is 92.2 Å². The highest BCUT2D eigenvalue weighted by Gasteiger charge is 2.20. The molecule has 0 aromatic carbocycles. The zero-order valence-corrected chi connectivity index (χ0v) is 12.8. The van der Waals surface area contributed by atoms with Gasteiger partial charge >= 0.3 is 5.97 Å². The predicted octanol–water partition coefficient (Wildman–Crippen LogP) is 1.41. The lowest BCUT2D eigenvalue weighted by Crippen LogP contribution is -2.40. The number of hydrogen-bond acceptors (Lipinski definition) is 5. The zero-order chi connectivity index (χ0) is 15.3. The standard InChI is InChI=1S/C13H19N3O3S/c1-7-5-8(2)15-13(14-7)20-6-11(17)16-10(4)9(3)12(18)19/h5,9-10H,6H2,1-4H3,(H,16,17)(H,18,19). The van der Waals surface area contributed by atoms with E-state index in [1.807, 2.05) is 19.9 Å². The molecule has 110 valence electrons. The van der Waals surface area contributed by atoms with Gasteiger partial charge in [-0.1, -0.05) is 11.8 Å². The van der Waals surface area contributed by atoms with Gasteiger partial charge in [0.05, 0.1) is 11.7 Å². The Morgan fingerprint density at radius 1 is 1.30 bits per heavy atom. The largest absolute Gasteiger partial charge is 0.481 e. The number of nitrogens with zero attached hydrogens (tertiary/aromatic N) is 2. The molecular formula is C13H19N3O3S. The van der Waals surface area contributed by atoms with E-state index < -0.39 is 17.9 Å². The van der Waals surface area contributed by atoms with Crippen LogP contribution in [0.5, 0.6) is 0 Å². The number of carbonyl (C=O) groups is 2. The Balaban J connectivity index is 2.49. The molecule has 20 heavy (non-hydrogen) atoms. The van der Waals surface area contributed by atoms with Gasteiger partial charge in [0.25, 0.3) is 0 Å². The highest BCUT2D eigenvalue weighted by molar-refractivity contribution is 7.99. The van der Waals surface area contributed by atoms with Crippen LogP contribution < -0.4 is 5.32 Å². The molecule has 0 saturated heterocycles. The predicted molar refractivity (Wildman–Crippen MR) is 76.6 cm³/mol. The van der Waals surface area contributed by atoms with Gasteiger partial charge in [-0.3, -0.25) is 9.59 Å². The molecule has 7 heteroatoms. The summed E-state index contributed by atoms with van der Waals surface area (Å²) in [6.07, 6.45) is 0. The normalized spacial score (nSPS) is 13.6. The lowest BCUT2D eigenvalue weighted by Gasteiger charge is -2.17. The van der Waals surface area contributed by atoms with Gasteiger partial charge in [0, 0.05) is 17.4 Å². The minimum Gasteiger partial charge on any atom is -0.481 e. The number of aromatic nitrogens is 2. The quantitative estimate of drug-likeness (QED) is 0.609. The van der Waals surface area contributed by atoms with Gasteiger partial charge < -0.3 is 10.4 Å². The molecule has 0 spiro atoms. The van der Waals surface area contributed by atoms with Gasteiger partial charge in [-0.15, -0.1) is 0 Å². The van der Waals surface area contributed by atoms with Crippen molar-refractivity contribution in [2.75, 3.05) is 5.75 Å². The smallest absolute Gasteiger partial charge is 0.308 e. The minimum absolute atomic E-state index is 0.166. The van der Waals surface area contributed by atoms with Crippen LogP contribution in [0.25, 0.3) is 0 Å². The number of nitrogens with one attached hydrogen (secondary N) is 1. The fourth-order valence-electron chi connectivity index (χ4n) is 1.52. The summed E-state index contributed by atoms with van der Waals surface area (Å²) in [4.78, 5) is 31.0. The third kappa shape index (κ3) is 5.16. The first kappa shape index (κ1) is 16.4. The van der Waals surface area contributed by atoms with Crippen molar-refractivity contribution in [3.05, 3.63) is 17.5 Å². The average Bonchev–Trinajstić information content (AvgIpc) is 2.34. The molecule has 1 heterocycles. The lowest BCUT2D eigenvalue weighted by atomic mass is 10.0. The van der Waals surface area contributed by atoms with E-state index in [2.05, 4.69) is 15.3 Å². The van der Waals surface area contributed by atoms with Gasteiger partial charge in [-0.2, -0.15) is 0 Å². The van der Waals surface area contributed by atoms with Crippen LogP contribution in [0.2, 0.25) is 0 Å². The molecule has 0 aliphatic rings. The highest BCUT2D eigenvalue weighted by atomic mass is 32.2. The molecule has 0 saturated carbocycles. The van der Waals surface area contributed by atoms with Crippen molar-refractivity contribution in [2.45, 2.75) is 38.9 Å². The Bertz CT molecular complexity index is 487. The summed E-state index contributed by atoms with van der Waals surface area (Å²) in [6, 6.07) is 1.45. The van der Waals surface area contributed by atoms with Crippen molar-refractivity contribution in [2.24, 2.45) is 5.92 Å². The maximum absolute atomic E-state index is 11.7. The highest BCUT2D eigenvalue weighted by Crippen LogP contribution is 2.14. The van der Waals surface area contributed by atoms with E-state index in [0.29, 0.717) is 5.16 Å². The second-order valence-electron chi connectivity index (χ2n) is 4.71. The SMILES string of the molecule is Cc1cc(C)nc(SCC(=O)NC(C)C(C)C(=O)O)n1. The Hall–Kier alpha value is -1.63. The number of carboxylic acids is 1. The second kappa shape index (κ2) is 7.23. The number of carbonyl (C=O) groups excluding carboxylic acids is 1. The van der Waals surface area contributed by atoms with Crippen molar-refractivity contribution >= 4 is 23.6 Å². The molecule has 0 bridgehead atoms. The van der Waals surface area contributed by atoms with Crippen LogP contribution in [0.3, 0.4) is 0 Å². The van der Waals surface area contributed by atoms with Crippen LogP contribution in [0, 0.1) is 19.8 Å². The zero-order valence-electron chi connectivity index (χ0n) is 12.0. The Labute approximate surface area is 122 Å². The van der Waals surface area contributed by atoms with E-state index in [1.54, 1.807) is 13.8 Å². The molecule has 0 aliphatic carbocycles. The summed E-state index contributed by atoms with van der Waals surface area (Å²) in [5.41, 5.74) is 1.71. The minimum atomic E-state index is -0.928. The first-order chi connectivity index (χ1) is 9.29. The summed E-state index contributed by atoms with van der Waals surface area (Å²) in [5.74, 6) is -1.61. The maximum atomic E-state index is 11.7. The Morgan fingerprint density at radius 2 is 1.85 bits per heavy atom. The number of hydrogen-bond donors (Lipinski definition) is 2. The Kier molecular flexibility index (Phi) is 5.94. The van der Waals surface area contributed by atoms with Crippen molar-refractivity contribution in [3.8, 4) is 0 Å². The van der Waals surface area contributed by atoms with Crippen molar-refractivity contribution in [1.29, 1.82) is 0 Å². The maximum Gasteiger partial charge on any atom is 0.308 e. The number of aliphatic carboxylic acids is 1. The molecule has 6 nitrogen and oxygen atoms in total. The number of amides is 1. The first-order valence-electron chi connectivity index (χ1n) is 6.27. The number of rotatable bonds is 6. The average molecular weight is 297 g/mol. The molecular weight excluding hydrogens is 278 g/mol. The summed E-state index contributed by atoms with van der Waals surface area (Å²) in [6.45, 7) is 6.98. The van der Waals surface area contributed by atoms with E-state index >= 15 is 0 Å². The van der Waals surface area contributed by atoms with E-state index in [0.717, 1.165) is 11.4 Å². The first-order valence-corrected chi connectivity index (χ1v) is 7.25. The van der Waals surface area contributed by atoms with Crippen LogP contribution in [0.15, 0.2) is 11.2 Å². The summed E-state index contributed by atoms with van der Waals surface area (Å²) >= 11 is 1.24. The van der Waals surface area contributed by atoms with Crippen LogP contribution in [-0.4, -0.2) is 38.7 Å². The molecule has 1 aromatic rings. The van der Waals surface area contributed by atoms with E-state index in [4.69, 9.17) is 5.11 Å². The second-order valence-corrected chi connectivity index (χ2v) is 5.65. The summed E-state index contributed by atoms with van der Waals surface area (Å²) in [7, 11) is 0. The monoisotopic (exact) mass is 297 g/mol. The van der Waals surface area contributed by atoms with Gasteiger partial charge in [-0.05, 0) is 33.8 Å². The van der Waals surface area contributed by atoms with Gasteiger partial charge in [0.2, 0.25) is 5.91 Å². The fourth-order valence-corrected chi connectivity index (χ4v) is 2.28. The summed E-state index contributed by atoms with van der Waals surface area (Å²) in [5, 5.41) is 12.1. The van der Waals surface area contributed by atoms with Gasteiger partial charge in [0.1, 0.15) is 0 Å². The molecule has 1 aromatic heterocycles. The van der Waals surface area contributed by atoms with Crippen LogP contribution in [0.4, 0.5) is 0 Å². The fraction of sp³-hybridized carbons (Fsp3) is 0.538. The van der Waals surface area contributed by atoms with Crippen molar-refractivity contribution < 1.29 is 14.7 Å². The molecule has 2 N–H and O–H groups in total. The van der Waals surface area contributed by atoms with E-state index in [1.165, 1.54) is 11.8 Å². The third-order valence-electron chi connectivity index (χ3n) is 2.82. The van der Waals surface area contributed by atoms with Crippen LogP contribution in [-0.2, 0) is 9.59 Å². The van der Waals surface area contributed by atoms with E-state index in [9.17, 15) is 9.59 Å². The van der Waals surface area contributed by atoms with Crippen LogP contribution >= 0.6 is 11.8 Å². The molecule has 1 amide bonds. The lowest BCUT2D eigenvalue weighted by molar-refractivity contribution is -0.142.